The highest BCUT2D eigenvalue weighted by Gasteiger charge is 2.26. The van der Waals surface area contributed by atoms with E-state index >= 15 is 0 Å². The van der Waals surface area contributed by atoms with Gasteiger partial charge in [0.1, 0.15) is 6.34 Å². The number of hydrogen-bond donors (Lipinski definition) is 2. The molecule has 0 fully saturated rings. The van der Waals surface area contributed by atoms with Crippen LogP contribution in [0.5, 0.6) is 0 Å². The predicted molar refractivity (Wildman–Crippen MR) is 107 cm³/mol. The summed E-state index contributed by atoms with van der Waals surface area (Å²) in [5.41, 5.74) is 0.00899. The van der Waals surface area contributed by atoms with Crippen LogP contribution in [0.2, 0.25) is 0 Å². The minimum atomic E-state index is -4.39. The van der Waals surface area contributed by atoms with Crippen LogP contribution >= 0.6 is 0 Å². The van der Waals surface area contributed by atoms with E-state index < -0.39 is 38.2 Å². The van der Waals surface area contributed by atoms with E-state index in [2.05, 4.69) is 15.3 Å². The fourth-order valence-corrected chi connectivity index (χ4v) is 4.38. The van der Waals surface area contributed by atoms with E-state index in [0.29, 0.717) is 0 Å². The Balaban J connectivity index is 2.19. The van der Waals surface area contributed by atoms with E-state index in [1.807, 2.05) is 0 Å². The van der Waals surface area contributed by atoms with E-state index in [1.165, 1.54) is 58.9 Å². The molecule has 13 nitrogen and oxygen atoms in total. The number of methoxy groups -OCH3 is 1. The van der Waals surface area contributed by atoms with E-state index in [4.69, 9.17) is 9.57 Å². The molecule has 1 aliphatic rings. The molecule has 0 saturated carbocycles. The average molecular weight is 463 g/mol. The molecule has 0 radical (unpaired) electrons. The SMILES string of the molecule is COC1N=C(NC(=O)NS(=O)(=O)c2ccccc2CS(=O)(=O)N(C)C)N=CN1OC. The molecule has 0 aromatic heterocycles. The number of rotatable bonds is 7. The minimum absolute atomic E-state index is 0.00899. The molecule has 0 saturated heterocycles. The highest BCUT2D eigenvalue weighted by molar-refractivity contribution is 7.90. The quantitative estimate of drug-likeness (QED) is 0.536. The third kappa shape index (κ3) is 5.73. The molecule has 1 atom stereocenters. The van der Waals surface area contributed by atoms with Gasteiger partial charge in [-0.2, -0.15) is 10.1 Å². The van der Waals surface area contributed by atoms with Crippen LogP contribution in [0.4, 0.5) is 4.79 Å². The lowest BCUT2D eigenvalue weighted by atomic mass is 10.2. The molecule has 30 heavy (non-hydrogen) atoms. The van der Waals surface area contributed by atoms with Crippen LogP contribution in [0.1, 0.15) is 5.56 Å². The van der Waals surface area contributed by atoms with E-state index in [-0.39, 0.29) is 16.4 Å². The number of nitrogens with zero attached hydrogens (tertiary/aromatic N) is 4. The van der Waals surface area contributed by atoms with Crippen molar-refractivity contribution < 1.29 is 31.2 Å². The van der Waals surface area contributed by atoms with Crippen LogP contribution in [-0.2, 0) is 35.4 Å². The molecule has 1 aromatic rings. The number of hydroxylamine groups is 2. The fraction of sp³-hybridized carbons (Fsp3) is 0.400. The number of nitrogens with one attached hydrogen (secondary N) is 2. The second-order valence-corrected chi connectivity index (χ2v) is 9.84. The van der Waals surface area contributed by atoms with Gasteiger partial charge in [0, 0.05) is 21.2 Å². The van der Waals surface area contributed by atoms with Crippen molar-refractivity contribution in [2.24, 2.45) is 9.98 Å². The van der Waals surface area contributed by atoms with Crippen molar-refractivity contribution in [3.8, 4) is 0 Å². The van der Waals surface area contributed by atoms with E-state index in [1.54, 1.807) is 4.72 Å². The lowest BCUT2D eigenvalue weighted by Crippen LogP contribution is -2.45. The first-order chi connectivity index (χ1) is 14.0. The monoisotopic (exact) mass is 462 g/mol. The molecule has 2 N–H and O–H groups in total. The van der Waals surface area contributed by atoms with Crippen LogP contribution in [0.3, 0.4) is 0 Å². The number of ether oxygens (including phenoxy) is 1. The number of carbonyl (C=O) groups excluding carboxylic acids is 1. The van der Waals surface area contributed by atoms with Gasteiger partial charge in [-0.1, -0.05) is 18.2 Å². The Morgan fingerprint density at radius 3 is 2.47 bits per heavy atom. The number of hydrogen-bond acceptors (Lipinski definition) is 10. The Hall–Kier alpha value is -2.59. The molecule has 15 heteroatoms. The zero-order valence-corrected chi connectivity index (χ0v) is 18.3. The van der Waals surface area contributed by atoms with Crippen molar-refractivity contribution in [3.05, 3.63) is 29.8 Å². The Morgan fingerprint density at radius 1 is 1.20 bits per heavy atom. The summed E-state index contributed by atoms with van der Waals surface area (Å²) in [6.45, 7) is 0. The summed E-state index contributed by atoms with van der Waals surface area (Å²) < 4.78 is 57.4. The van der Waals surface area contributed by atoms with Gasteiger partial charge in [0.05, 0.1) is 17.8 Å². The third-order valence-electron chi connectivity index (χ3n) is 3.77. The van der Waals surface area contributed by atoms with Gasteiger partial charge in [-0.3, -0.25) is 10.2 Å². The Labute approximate surface area is 174 Å². The molecule has 1 aromatic carbocycles. The maximum atomic E-state index is 12.7. The fourth-order valence-electron chi connectivity index (χ4n) is 2.24. The second-order valence-electron chi connectivity index (χ2n) is 6.01. The van der Waals surface area contributed by atoms with Gasteiger partial charge in [0.2, 0.25) is 16.0 Å². The molecule has 1 heterocycles. The number of guanidine groups is 1. The van der Waals surface area contributed by atoms with Crippen molar-refractivity contribution in [3.63, 3.8) is 0 Å². The standard InChI is InChI=1S/C15H22N6O7S2/c1-20(2)29(23,24)9-11-7-5-6-8-12(11)30(25,26)19-14(22)17-13-16-10-21(28-4)15(18-13)27-3/h5-8,10,15H,9H2,1-4H3,(H2,17,18,19,22). The first-order valence-corrected chi connectivity index (χ1v) is 11.4. The maximum absolute atomic E-state index is 12.7. The number of urea groups is 1. The van der Waals surface area contributed by atoms with Crippen molar-refractivity contribution >= 4 is 38.4 Å². The van der Waals surface area contributed by atoms with Crippen LogP contribution in [0.15, 0.2) is 39.1 Å². The topological polar surface area (TPSA) is 159 Å². The number of amides is 2. The number of benzene rings is 1. The molecular weight excluding hydrogens is 440 g/mol. The lowest BCUT2D eigenvalue weighted by molar-refractivity contribution is -0.171. The first-order valence-electron chi connectivity index (χ1n) is 8.29. The van der Waals surface area contributed by atoms with Gasteiger partial charge in [-0.25, -0.2) is 35.6 Å². The van der Waals surface area contributed by atoms with Crippen molar-refractivity contribution in [1.82, 2.24) is 19.4 Å². The molecular formula is C15H22N6O7S2. The van der Waals surface area contributed by atoms with Crippen LogP contribution in [0, 0.1) is 0 Å². The second kappa shape index (κ2) is 9.48. The number of carbonyl (C=O) groups is 1. The van der Waals surface area contributed by atoms with Gasteiger partial charge >= 0.3 is 6.03 Å². The zero-order chi connectivity index (χ0) is 22.5. The van der Waals surface area contributed by atoms with E-state index in [0.717, 1.165) is 9.37 Å². The largest absolute Gasteiger partial charge is 0.341 e. The molecule has 1 unspecified atom stereocenters. The molecule has 1 aliphatic heterocycles. The number of sulfonamides is 2. The first kappa shape index (κ1) is 23.7. The Kier molecular flexibility index (Phi) is 7.49. The van der Waals surface area contributed by atoms with Gasteiger partial charge in [0.25, 0.3) is 16.4 Å². The molecule has 2 amide bonds. The Bertz CT molecular complexity index is 1050. The average Bonchev–Trinajstić information content (AvgIpc) is 2.67. The van der Waals surface area contributed by atoms with Crippen LogP contribution < -0.4 is 10.0 Å². The van der Waals surface area contributed by atoms with Crippen molar-refractivity contribution in [2.75, 3.05) is 28.3 Å². The maximum Gasteiger partial charge on any atom is 0.335 e. The summed E-state index contributed by atoms with van der Waals surface area (Å²) in [6, 6.07) is 4.32. The molecule has 0 bridgehead atoms. The van der Waals surface area contributed by atoms with Gasteiger partial charge < -0.3 is 4.74 Å². The number of aliphatic imine (C=N–C) groups is 2. The molecule has 166 valence electrons. The predicted octanol–water partition coefficient (Wildman–Crippen LogP) is -0.743. The van der Waals surface area contributed by atoms with E-state index in [9.17, 15) is 21.6 Å². The highest BCUT2D eigenvalue weighted by atomic mass is 32.2. The molecule has 2 rings (SSSR count). The Morgan fingerprint density at radius 2 is 1.87 bits per heavy atom. The van der Waals surface area contributed by atoms with Crippen LogP contribution in [0.25, 0.3) is 0 Å². The third-order valence-corrected chi connectivity index (χ3v) is 6.99. The van der Waals surface area contributed by atoms with Crippen molar-refractivity contribution in [1.29, 1.82) is 0 Å². The van der Waals surface area contributed by atoms with Gasteiger partial charge in [-0.05, 0) is 11.6 Å². The minimum Gasteiger partial charge on any atom is -0.341 e. The zero-order valence-electron chi connectivity index (χ0n) is 16.6. The smallest absolute Gasteiger partial charge is 0.335 e. The summed E-state index contributed by atoms with van der Waals surface area (Å²) in [4.78, 5) is 24.5. The summed E-state index contributed by atoms with van der Waals surface area (Å²) in [7, 11) is -2.74. The van der Waals surface area contributed by atoms with Crippen molar-refractivity contribution in [2.45, 2.75) is 17.0 Å². The highest BCUT2D eigenvalue weighted by Crippen LogP contribution is 2.19. The van der Waals surface area contributed by atoms with Gasteiger partial charge in [0.15, 0.2) is 0 Å². The normalized spacial score (nSPS) is 17.0. The lowest BCUT2D eigenvalue weighted by Gasteiger charge is -2.25. The molecule has 0 aliphatic carbocycles. The summed E-state index contributed by atoms with van der Waals surface area (Å²) >= 11 is 0. The summed E-state index contributed by atoms with van der Waals surface area (Å²) in [5, 5.41) is 3.33. The van der Waals surface area contributed by atoms with Crippen LogP contribution in [-0.4, -0.2) is 79.2 Å². The van der Waals surface area contributed by atoms with Gasteiger partial charge in [-0.15, -0.1) is 0 Å². The summed E-state index contributed by atoms with van der Waals surface area (Å²) in [6.07, 6.45) is 0.253. The summed E-state index contributed by atoms with van der Waals surface area (Å²) in [5.74, 6) is -0.774. The molecule has 0 spiro atoms.